The zero-order valence-electron chi connectivity index (χ0n) is 23.1. The fourth-order valence-electron chi connectivity index (χ4n) is 4.83. The molecule has 0 saturated carbocycles. The average Bonchev–Trinajstić information content (AvgIpc) is 3.24. The number of halogens is 3. The predicted octanol–water partition coefficient (Wildman–Crippen LogP) is 3.55. The van der Waals surface area contributed by atoms with Crippen LogP contribution in [0, 0.1) is 6.92 Å². The maximum atomic E-state index is 13.4. The van der Waals surface area contributed by atoms with Gasteiger partial charge in [0.25, 0.3) is 11.8 Å². The van der Waals surface area contributed by atoms with Crippen molar-refractivity contribution in [3.8, 4) is 5.75 Å². The third-order valence-electron chi connectivity index (χ3n) is 7.05. The molecule has 0 atom stereocenters. The van der Waals surface area contributed by atoms with Gasteiger partial charge in [-0.25, -0.2) is 0 Å². The van der Waals surface area contributed by atoms with Crippen LogP contribution >= 0.6 is 0 Å². The van der Waals surface area contributed by atoms with Crippen LogP contribution in [0.15, 0.2) is 54.6 Å². The van der Waals surface area contributed by atoms with Crippen molar-refractivity contribution in [2.75, 3.05) is 51.7 Å². The number of piperazine rings is 1. The Hall–Kier alpha value is -4.32. The normalized spacial score (nSPS) is 14.1. The second-order valence-corrected chi connectivity index (χ2v) is 10.1. The second kappa shape index (κ2) is 12.0. The first-order valence-electron chi connectivity index (χ1n) is 13.0. The molecule has 1 saturated heterocycles. The summed E-state index contributed by atoms with van der Waals surface area (Å²) >= 11 is 0. The van der Waals surface area contributed by atoms with Crippen molar-refractivity contribution in [1.82, 2.24) is 14.4 Å². The molecule has 41 heavy (non-hydrogen) atoms. The molecule has 2 aromatic carbocycles. The molecular weight excluding hydrogens is 539 g/mol. The molecule has 0 spiro atoms. The lowest BCUT2D eigenvalue weighted by atomic mass is 10.1. The number of carbonyl (C=O) groups is 3. The molecule has 1 fully saturated rings. The predicted molar refractivity (Wildman–Crippen MR) is 147 cm³/mol. The summed E-state index contributed by atoms with van der Waals surface area (Å²) in [4.78, 5) is 44.0. The van der Waals surface area contributed by atoms with Gasteiger partial charge in [0.05, 0.1) is 17.8 Å². The number of Topliss-reactive ketones (excluding diaryl/α,β-unsaturated/α-hetero) is 1. The van der Waals surface area contributed by atoms with E-state index in [1.54, 1.807) is 34.6 Å². The average molecular weight is 572 g/mol. The Morgan fingerprint density at radius 3 is 2.22 bits per heavy atom. The molecule has 3 aromatic rings. The summed E-state index contributed by atoms with van der Waals surface area (Å²) in [7, 11) is 3.85. The van der Waals surface area contributed by atoms with E-state index in [4.69, 9.17) is 5.73 Å². The molecule has 9 nitrogen and oxygen atoms in total. The van der Waals surface area contributed by atoms with Crippen molar-refractivity contribution in [3.05, 3.63) is 82.7 Å². The minimum atomic E-state index is -4.84. The Morgan fingerprint density at radius 1 is 0.976 bits per heavy atom. The molecule has 2 amide bonds. The number of hydrogen-bond donors (Lipinski definition) is 1. The SMILES string of the molecule is Cc1c(C(N)=O)cc(C(=O)CN2CCN(C(=O)c3ccc(N(C)C)cc3)CC2)n1Cc1cccc(OC(F)(F)F)c1. The standard InChI is InChI=1S/C29H32F3N5O4/c1-19-24(27(33)39)16-25(37(19)17-20-5-4-6-23(15-20)41-29(30,31)32)26(38)18-35-11-13-36(14-12-35)28(40)21-7-9-22(10-8-21)34(2)3/h4-10,15-16H,11-14,17-18H2,1-3H3,(H2,33,39). The number of carbonyl (C=O) groups excluding carboxylic acids is 3. The first-order chi connectivity index (χ1) is 19.3. The van der Waals surface area contributed by atoms with Gasteiger partial charge in [-0.2, -0.15) is 0 Å². The zero-order chi connectivity index (χ0) is 29.9. The molecule has 0 unspecified atom stereocenters. The molecule has 1 aliphatic heterocycles. The number of nitrogens with zero attached hydrogens (tertiary/aromatic N) is 4. The van der Waals surface area contributed by atoms with Crippen molar-refractivity contribution in [2.24, 2.45) is 5.73 Å². The maximum Gasteiger partial charge on any atom is 0.573 e. The molecule has 1 aliphatic rings. The van der Waals surface area contributed by atoms with E-state index in [9.17, 15) is 27.6 Å². The highest BCUT2D eigenvalue weighted by atomic mass is 19.4. The largest absolute Gasteiger partial charge is 0.573 e. The van der Waals surface area contributed by atoms with Gasteiger partial charge in [0.2, 0.25) is 0 Å². The molecule has 2 heterocycles. The van der Waals surface area contributed by atoms with Crippen molar-refractivity contribution in [3.63, 3.8) is 0 Å². The van der Waals surface area contributed by atoms with Crippen molar-refractivity contribution in [2.45, 2.75) is 19.8 Å². The number of anilines is 1. The summed E-state index contributed by atoms with van der Waals surface area (Å²) in [5, 5.41) is 0. The van der Waals surface area contributed by atoms with Crippen molar-refractivity contribution < 1.29 is 32.3 Å². The van der Waals surface area contributed by atoms with Gasteiger partial charge in [-0.3, -0.25) is 19.3 Å². The first-order valence-corrected chi connectivity index (χ1v) is 13.0. The van der Waals surface area contributed by atoms with E-state index < -0.39 is 12.3 Å². The number of aromatic nitrogens is 1. The Balaban J connectivity index is 1.44. The van der Waals surface area contributed by atoms with E-state index in [0.29, 0.717) is 43.0 Å². The minimum absolute atomic E-state index is 0.0319. The molecule has 0 bridgehead atoms. The van der Waals surface area contributed by atoms with Crippen LogP contribution < -0.4 is 15.4 Å². The monoisotopic (exact) mass is 571 g/mol. The number of alkyl halides is 3. The fourth-order valence-corrected chi connectivity index (χ4v) is 4.83. The topological polar surface area (TPSA) is 101 Å². The summed E-state index contributed by atoms with van der Waals surface area (Å²) in [6.07, 6.45) is -4.84. The van der Waals surface area contributed by atoms with Crippen LogP contribution in [0.1, 0.15) is 42.5 Å². The van der Waals surface area contributed by atoms with Crippen LogP contribution in [0.3, 0.4) is 0 Å². The number of hydrogen-bond acceptors (Lipinski definition) is 6. The first kappa shape index (κ1) is 29.7. The lowest BCUT2D eigenvalue weighted by Gasteiger charge is -2.34. The van der Waals surface area contributed by atoms with Crippen molar-refractivity contribution >= 4 is 23.3 Å². The number of rotatable bonds is 9. The van der Waals surface area contributed by atoms with Gasteiger partial charge < -0.3 is 24.8 Å². The quantitative estimate of drug-likeness (QED) is 0.395. The van der Waals surface area contributed by atoms with Crippen LogP contribution in [0.4, 0.5) is 18.9 Å². The smallest absolute Gasteiger partial charge is 0.406 e. The number of amides is 2. The van der Waals surface area contributed by atoms with Crippen LogP contribution in [-0.2, 0) is 6.54 Å². The second-order valence-electron chi connectivity index (χ2n) is 10.1. The molecule has 218 valence electrons. The highest BCUT2D eigenvalue weighted by Gasteiger charge is 2.31. The number of nitrogens with two attached hydrogens (primary N) is 1. The van der Waals surface area contributed by atoms with Crippen molar-refractivity contribution in [1.29, 1.82) is 0 Å². The van der Waals surface area contributed by atoms with E-state index in [0.717, 1.165) is 5.69 Å². The van der Waals surface area contributed by atoms with Crippen LogP contribution in [0.2, 0.25) is 0 Å². The molecule has 4 rings (SSSR count). The highest BCUT2D eigenvalue weighted by Crippen LogP contribution is 2.25. The molecule has 1 aromatic heterocycles. The Labute approximate surface area is 235 Å². The van der Waals surface area contributed by atoms with Gasteiger partial charge in [-0.1, -0.05) is 12.1 Å². The number of benzene rings is 2. The summed E-state index contributed by atoms with van der Waals surface area (Å²) in [5.74, 6) is -1.45. The van der Waals surface area contributed by atoms with Gasteiger partial charge in [0.15, 0.2) is 5.78 Å². The molecule has 2 N–H and O–H groups in total. The van der Waals surface area contributed by atoms with Gasteiger partial charge in [-0.05, 0) is 55.0 Å². The molecular formula is C29H32F3N5O4. The lowest BCUT2D eigenvalue weighted by molar-refractivity contribution is -0.274. The number of ketones is 1. The number of ether oxygens (including phenoxy) is 1. The van der Waals surface area contributed by atoms with Crippen LogP contribution in [0.25, 0.3) is 0 Å². The Bertz CT molecular complexity index is 1430. The number of primary amides is 1. The minimum Gasteiger partial charge on any atom is -0.406 e. The van der Waals surface area contributed by atoms with Crippen LogP contribution in [-0.4, -0.2) is 85.1 Å². The zero-order valence-corrected chi connectivity index (χ0v) is 23.1. The van der Waals surface area contributed by atoms with E-state index in [1.807, 2.05) is 36.0 Å². The summed E-state index contributed by atoms with van der Waals surface area (Å²) in [6, 6.07) is 14.2. The molecule has 0 radical (unpaired) electrons. The summed E-state index contributed by atoms with van der Waals surface area (Å²) < 4.78 is 43.7. The third kappa shape index (κ3) is 7.26. The molecule has 12 heteroatoms. The Kier molecular flexibility index (Phi) is 8.72. The summed E-state index contributed by atoms with van der Waals surface area (Å²) in [6.45, 7) is 3.55. The van der Waals surface area contributed by atoms with Gasteiger partial charge in [0, 0.05) is 63.8 Å². The van der Waals surface area contributed by atoms with E-state index in [1.165, 1.54) is 24.3 Å². The van der Waals surface area contributed by atoms with Crippen LogP contribution in [0.5, 0.6) is 5.75 Å². The maximum absolute atomic E-state index is 13.4. The lowest BCUT2D eigenvalue weighted by Crippen LogP contribution is -2.50. The Morgan fingerprint density at radius 2 is 1.63 bits per heavy atom. The van der Waals surface area contributed by atoms with Gasteiger partial charge in [-0.15, -0.1) is 13.2 Å². The summed E-state index contributed by atoms with van der Waals surface area (Å²) in [5.41, 5.74) is 8.36. The van der Waals surface area contributed by atoms with E-state index >= 15 is 0 Å². The van der Waals surface area contributed by atoms with Gasteiger partial charge in [0.1, 0.15) is 5.75 Å². The third-order valence-corrected chi connectivity index (χ3v) is 7.05. The fraction of sp³-hybridized carbons (Fsp3) is 0.345. The molecule has 0 aliphatic carbocycles. The van der Waals surface area contributed by atoms with E-state index in [2.05, 4.69) is 4.74 Å². The van der Waals surface area contributed by atoms with Gasteiger partial charge >= 0.3 is 6.36 Å². The van der Waals surface area contributed by atoms with E-state index in [-0.39, 0.29) is 41.8 Å². The highest BCUT2D eigenvalue weighted by molar-refractivity contribution is 6.01.